The quantitative estimate of drug-likeness (QED) is 0.0764. The zero-order chi connectivity index (χ0) is 30.8. The van der Waals surface area contributed by atoms with E-state index in [0.29, 0.717) is 38.5 Å². The summed E-state index contributed by atoms with van der Waals surface area (Å²) in [4.78, 5) is 28.6. The lowest BCUT2D eigenvalue weighted by Crippen LogP contribution is -2.29. The first kappa shape index (κ1) is 30.1. The summed E-state index contributed by atoms with van der Waals surface area (Å²) in [7, 11) is 4.39. The number of aromatic nitrogens is 2. The molecule has 0 spiro atoms. The van der Waals surface area contributed by atoms with E-state index in [9.17, 15) is 19.1 Å². The average molecular weight is 622 g/mol. The van der Waals surface area contributed by atoms with Crippen LogP contribution in [0.1, 0.15) is 33.9 Å². The van der Waals surface area contributed by atoms with E-state index in [0.717, 1.165) is 28.0 Å². The van der Waals surface area contributed by atoms with E-state index >= 15 is 0 Å². The molecule has 3 aromatic carbocycles. The Balaban J connectivity index is 1.64. The van der Waals surface area contributed by atoms with Crippen LogP contribution in [0.15, 0.2) is 64.5 Å². The van der Waals surface area contributed by atoms with Gasteiger partial charge >= 0.3 is 5.91 Å². The average Bonchev–Trinajstić information content (AvgIpc) is 3.58. The number of aliphatic hydroxyl groups is 1. The molecule has 1 amide bonds. The second-order valence-corrected chi connectivity index (χ2v) is 11.9. The number of hydrogen-bond acceptors (Lipinski definition) is 10. The van der Waals surface area contributed by atoms with Crippen molar-refractivity contribution in [1.82, 2.24) is 10.2 Å². The maximum absolute atomic E-state index is 13.7. The molecule has 1 N–H and O–H groups in total. The van der Waals surface area contributed by atoms with Crippen LogP contribution in [0.3, 0.4) is 0 Å². The number of carbonyl (C=O) groups excluding carboxylic acids is 2. The van der Waals surface area contributed by atoms with Gasteiger partial charge < -0.3 is 19.3 Å². The fraction of sp³-hybridized carbons (Fsp3) is 0.226. The van der Waals surface area contributed by atoms with Crippen LogP contribution in [0.2, 0.25) is 0 Å². The number of thioether (sulfide) groups is 1. The third-order valence-corrected chi connectivity index (χ3v) is 9.10. The van der Waals surface area contributed by atoms with Crippen LogP contribution in [0.4, 0.5) is 9.52 Å². The van der Waals surface area contributed by atoms with Gasteiger partial charge in [0.15, 0.2) is 15.8 Å². The van der Waals surface area contributed by atoms with Crippen LogP contribution in [0, 0.1) is 19.7 Å². The number of aryl methyl sites for hydroxylation is 2. The maximum Gasteiger partial charge on any atom is 0.301 e. The summed E-state index contributed by atoms with van der Waals surface area (Å²) in [5, 5.41) is 20.3. The lowest BCUT2D eigenvalue weighted by Gasteiger charge is -2.24. The summed E-state index contributed by atoms with van der Waals surface area (Å²) >= 11 is 2.49. The number of aliphatic hydroxyl groups excluding tert-OH is 1. The van der Waals surface area contributed by atoms with Gasteiger partial charge in [0, 0.05) is 11.3 Å². The Morgan fingerprint density at radius 2 is 1.65 bits per heavy atom. The Labute approximate surface area is 255 Å². The number of carbonyl (C=O) groups is 2. The molecule has 1 atom stereocenters. The molecule has 1 fully saturated rings. The number of ketones is 1. The van der Waals surface area contributed by atoms with Crippen molar-refractivity contribution in [3.8, 4) is 17.2 Å². The number of rotatable bonds is 9. The summed E-state index contributed by atoms with van der Waals surface area (Å²) in [5.74, 6) is -0.924. The lowest BCUT2D eigenvalue weighted by molar-refractivity contribution is -0.132. The van der Waals surface area contributed by atoms with Crippen LogP contribution >= 0.6 is 23.1 Å². The first-order valence-electron chi connectivity index (χ1n) is 13.1. The molecule has 5 rings (SSSR count). The minimum absolute atomic E-state index is 0.108. The number of Topliss-reactive ketones (excluding diaryl/α,β-unsaturated/α-hetero) is 1. The SMILES string of the molecule is COc1cc(C2C(=C(O)c3cc(C)ccc3C)C(=O)C(=O)N2c2nnc(SCc3ccc(F)cc3)s2)cc(OC)c1OC. The number of benzene rings is 3. The Morgan fingerprint density at radius 3 is 2.28 bits per heavy atom. The zero-order valence-electron chi connectivity index (χ0n) is 24.0. The molecule has 1 aliphatic rings. The van der Waals surface area contributed by atoms with Crippen LogP contribution in [-0.2, 0) is 15.3 Å². The van der Waals surface area contributed by atoms with Crippen molar-refractivity contribution in [1.29, 1.82) is 0 Å². The number of halogens is 1. The van der Waals surface area contributed by atoms with E-state index in [1.807, 2.05) is 26.0 Å². The summed E-state index contributed by atoms with van der Waals surface area (Å²) in [6, 6.07) is 13.8. The molecule has 1 saturated heterocycles. The second kappa shape index (κ2) is 12.4. The van der Waals surface area contributed by atoms with Crippen LogP contribution in [0.25, 0.3) is 5.76 Å². The predicted octanol–water partition coefficient (Wildman–Crippen LogP) is 6.24. The lowest BCUT2D eigenvalue weighted by atomic mass is 9.93. The van der Waals surface area contributed by atoms with Gasteiger partial charge in [-0.05, 0) is 60.9 Å². The fourth-order valence-electron chi connectivity index (χ4n) is 4.82. The number of anilines is 1. The first-order valence-corrected chi connectivity index (χ1v) is 14.9. The third kappa shape index (κ3) is 5.80. The predicted molar refractivity (Wildman–Crippen MR) is 163 cm³/mol. The maximum atomic E-state index is 13.7. The minimum Gasteiger partial charge on any atom is -0.507 e. The fourth-order valence-corrected chi connectivity index (χ4v) is 6.65. The normalized spacial score (nSPS) is 16.0. The van der Waals surface area contributed by atoms with Gasteiger partial charge in [-0.3, -0.25) is 14.5 Å². The first-order chi connectivity index (χ1) is 20.7. The van der Waals surface area contributed by atoms with Crippen molar-refractivity contribution in [2.75, 3.05) is 26.2 Å². The molecule has 43 heavy (non-hydrogen) atoms. The summed E-state index contributed by atoms with van der Waals surface area (Å²) in [5.41, 5.74) is 3.24. The highest BCUT2D eigenvalue weighted by Gasteiger charge is 2.49. The van der Waals surface area contributed by atoms with Crippen LogP contribution < -0.4 is 19.1 Å². The highest BCUT2D eigenvalue weighted by molar-refractivity contribution is 8.00. The Morgan fingerprint density at radius 1 is 0.977 bits per heavy atom. The van der Waals surface area contributed by atoms with Gasteiger partial charge in [-0.1, -0.05) is 52.9 Å². The molecule has 0 saturated carbocycles. The molecular weight excluding hydrogens is 593 g/mol. The Bertz CT molecular complexity index is 1710. The second-order valence-electron chi connectivity index (χ2n) is 9.71. The number of ether oxygens (including phenoxy) is 3. The summed E-state index contributed by atoms with van der Waals surface area (Å²) in [6.07, 6.45) is 0. The van der Waals surface area contributed by atoms with Crippen molar-refractivity contribution < 1.29 is 33.3 Å². The molecule has 1 aromatic heterocycles. The van der Waals surface area contributed by atoms with E-state index in [1.54, 1.807) is 30.3 Å². The molecule has 2 heterocycles. The van der Waals surface area contributed by atoms with Gasteiger partial charge in [0.05, 0.1) is 32.9 Å². The third-order valence-electron chi connectivity index (χ3n) is 6.97. The largest absolute Gasteiger partial charge is 0.507 e. The van der Waals surface area contributed by atoms with Crippen molar-refractivity contribution in [2.45, 2.75) is 30.0 Å². The Kier molecular flexibility index (Phi) is 8.69. The monoisotopic (exact) mass is 621 g/mol. The molecular formula is C31H28FN3O6S2. The molecule has 0 radical (unpaired) electrons. The van der Waals surface area contributed by atoms with Gasteiger partial charge in [0.25, 0.3) is 5.78 Å². The molecule has 1 aliphatic heterocycles. The zero-order valence-corrected chi connectivity index (χ0v) is 25.6. The van der Waals surface area contributed by atoms with Gasteiger partial charge in [-0.15, -0.1) is 10.2 Å². The van der Waals surface area contributed by atoms with Crippen molar-refractivity contribution in [3.63, 3.8) is 0 Å². The molecule has 0 bridgehead atoms. The van der Waals surface area contributed by atoms with Crippen molar-refractivity contribution >= 4 is 45.7 Å². The van der Waals surface area contributed by atoms with E-state index < -0.39 is 17.7 Å². The van der Waals surface area contributed by atoms with Crippen molar-refractivity contribution in [2.24, 2.45) is 0 Å². The molecule has 12 heteroatoms. The van der Waals surface area contributed by atoms with Crippen LogP contribution in [-0.4, -0.2) is 48.3 Å². The van der Waals surface area contributed by atoms with Gasteiger partial charge in [0.2, 0.25) is 10.9 Å². The van der Waals surface area contributed by atoms with Crippen molar-refractivity contribution in [3.05, 3.63) is 93.8 Å². The van der Waals surface area contributed by atoms with E-state index in [4.69, 9.17) is 14.2 Å². The van der Waals surface area contributed by atoms with Crippen LogP contribution in [0.5, 0.6) is 17.2 Å². The number of nitrogens with zero attached hydrogens (tertiary/aromatic N) is 3. The van der Waals surface area contributed by atoms with E-state index in [1.165, 1.54) is 50.1 Å². The van der Waals surface area contributed by atoms with Gasteiger partial charge in [-0.25, -0.2) is 4.39 Å². The highest BCUT2D eigenvalue weighted by atomic mass is 32.2. The summed E-state index contributed by atoms with van der Waals surface area (Å²) in [6.45, 7) is 3.69. The topological polar surface area (TPSA) is 111 Å². The van der Waals surface area contributed by atoms with Gasteiger partial charge in [-0.2, -0.15) is 0 Å². The van der Waals surface area contributed by atoms with E-state index in [-0.39, 0.29) is 22.3 Å². The number of methoxy groups -OCH3 is 3. The minimum atomic E-state index is -1.09. The number of amides is 1. The standard InChI is InChI=1S/C31H28FN3O6S2/c1-16-6-7-17(2)21(12-16)26(36)24-25(19-13-22(39-3)28(41-5)23(14-19)40-4)35(29(38)27(24)37)30-33-34-31(43-30)42-15-18-8-10-20(32)11-9-18/h6-14,25,36H,15H2,1-5H3. The molecule has 1 unspecified atom stereocenters. The Hall–Kier alpha value is -4.42. The highest BCUT2D eigenvalue weighted by Crippen LogP contribution is 2.48. The van der Waals surface area contributed by atoms with Gasteiger partial charge in [0.1, 0.15) is 11.6 Å². The molecule has 222 valence electrons. The smallest absolute Gasteiger partial charge is 0.301 e. The summed E-state index contributed by atoms with van der Waals surface area (Å²) < 4.78 is 30.4. The molecule has 0 aliphatic carbocycles. The molecule has 4 aromatic rings. The molecule has 9 nitrogen and oxygen atoms in total. The number of hydrogen-bond donors (Lipinski definition) is 1. The van der Waals surface area contributed by atoms with E-state index in [2.05, 4.69) is 10.2 Å².